The summed E-state index contributed by atoms with van der Waals surface area (Å²) in [6.45, 7) is 3.82. The summed E-state index contributed by atoms with van der Waals surface area (Å²) in [4.78, 5) is 10.3. The van der Waals surface area contributed by atoms with Crippen LogP contribution < -0.4 is 0 Å². The predicted octanol–water partition coefficient (Wildman–Crippen LogP) is 3.05. The molecule has 0 amide bonds. The van der Waals surface area contributed by atoms with Gasteiger partial charge in [0.2, 0.25) is 0 Å². The van der Waals surface area contributed by atoms with Crippen molar-refractivity contribution in [3.05, 3.63) is 41.2 Å². The SMILES string of the molecule is CC(C)c1ccc(/C=C/C(=O)O)cc1F. The fourth-order valence-corrected chi connectivity index (χ4v) is 1.28. The molecule has 1 aromatic carbocycles. The quantitative estimate of drug-likeness (QED) is 0.775. The molecule has 1 N–H and O–H groups in total. The Balaban J connectivity index is 2.96. The average Bonchev–Trinajstić information content (AvgIpc) is 2.14. The molecule has 0 aliphatic rings. The molecule has 0 fully saturated rings. The fourth-order valence-electron chi connectivity index (χ4n) is 1.28. The number of benzene rings is 1. The Morgan fingerprint density at radius 3 is 2.60 bits per heavy atom. The van der Waals surface area contributed by atoms with Gasteiger partial charge in [-0.05, 0) is 29.2 Å². The van der Waals surface area contributed by atoms with Crippen LogP contribution in [0.5, 0.6) is 0 Å². The first kappa shape index (κ1) is 11.4. The molecule has 0 bridgehead atoms. The highest BCUT2D eigenvalue weighted by molar-refractivity contribution is 5.85. The van der Waals surface area contributed by atoms with Gasteiger partial charge in [-0.15, -0.1) is 0 Å². The van der Waals surface area contributed by atoms with E-state index in [9.17, 15) is 9.18 Å². The van der Waals surface area contributed by atoms with Gasteiger partial charge in [0.1, 0.15) is 5.82 Å². The van der Waals surface area contributed by atoms with E-state index in [1.165, 1.54) is 12.1 Å². The summed E-state index contributed by atoms with van der Waals surface area (Å²) < 4.78 is 13.4. The van der Waals surface area contributed by atoms with Gasteiger partial charge in [-0.25, -0.2) is 9.18 Å². The Labute approximate surface area is 88.1 Å². The van der Waals surface area contributed by atoms with Gasteiger partial charge >= 0.3 is 5.97 Å². The van der Waals surface area contributed by atoms with Crippen molar-refractivity contribution < 1.29 is 14.3 Å². The van der Waals surface area contributed by atoms with Crippen LogP contribution in [0.1, 0.15) is 30.9 Å². The van der Waals surface area contributed by atoms with Gasteiger partial charge < -0.3 is 5.11 Å². The number of rotatable bonds is 3. The third-order valence-electron chi connectivity index (χ3n) is 2.06. The number of carboxylic acid groups (broad SMARTS) is 1. The molecule has 0 heterocycles. The molecule has 0 unspecified atom stereocenters. The van der Waals surface area contributed by atoms with Crippen LogP contribution in [0.2, 0.25) is 0 Å². The smallest absolute Gasteiger partial charge is 0.328 e. The summed E-state index contributed by atoms with van der Waals surface area (Å²) in [6.07, 6.45) is 2.36. The minimum absolute atomic E-state index is 0.127. The zero-order valence-corrected chi connectivity index (χ0v) is 8.70. The van der Waals surface area contributed by atoms with E-state index < -0.39 is 5.97 Å². The molecule has 2 nitrogen and oxygen atoms in total. The summed E-state index contributed by atoms with van der Waals surface area (Å²) in [5.74, 6) is -1.21. The van der Waals surface area contributed by atoms with Gasteiger partial charge in [-0.3, -0.25) is 0 Å². The largest absolute Gasteiger partial charge is 0.478 e. The third-order valence-corrected chi connectivity index (χ3v) is 2.06. The van der Waals surface area contributed by atoms with E-state index in [-0.39, 0.29) is 11.7 Å². The number of halogens is 1. The third kappa shape index (κ3) is 3.20. The van der Waals surface area contributed by atoms with Gasteiger partial charge in [0.05, 0.1) is 0 Å². The van der Waals surface area contributed by atoms with Gasteiger partial charge in [0.25, 0.3) is 0 Å². The topological polar surface area (TPSA) is 37.3 Å². The van der Waals surface area contributed by atoms with E-state index >= 15 is 0 Å². The van der Waals surface area contributed by atoms with Crippen LogP contribution in [0.25, 0.3) is 6.08 Å². The molecule has 0 aromatic heterocycles. The van der Waals surface area contributed by atoms with Crippen LogP contribution >= 0.6 is 0 Å². The van der Waals surface area contributed by atoms with Crippen LogP contribution in [0.3, 0.4) is 0 Å². The van der Waals surface area contributed by atoms with Crippen molar-refractivity contribution in [2.24, 2.45) is 0 Å². The molecule has 0 aliphatic carbocycles. The molecule has 0 saturated heterocycles. The summed E-state index contributed by atoms with van der Waals surface area (Å²) in [5.41, 5.74) is 1.20. The zero-order valence-electron chi connectivity index (χ0n) is 8.70. The van der Waals surface area contributed by atoms with Crippen molar-refractivity contribution in [3.8, 4) is 0 Å². The van der Waals surface area contributed by atoms with E-state index in [4.69, 9.17) is 5.11 Å². The molecule has 1 aromatic rings. The molecular formula is C12H13FO2. The highest BCUT2D eigenvalue weighted by Gasteiger charge is 2.05. The molecule has 0 aliphatic heterocycles. The molecule has 0 saturated carbocycles. The molecule has 3 heteroatoms. The van der Waals surface area contributed by atoms with Gasteiger partial charge in [-0.2, -0.15) is 0 Å². The van der Waals surface area contributed by atoms with E-state index in [0.29, 0.717) is 11.1 Å². The molecule has 0 spiro atoms. The lowest BCUT2D eigenvalue weighted by molar-refractivity contribution is -0.131. The zero-order chi connectivity index (χ0) is 11.4. The second-order valence-electron chi connectivity index (χ2n) is 3.61. The number of carboxylic acids is 1. The van der Waals surface area contributed by atoms with Gasteiger partial charge in [0, 0.05) is 6.08 Å². The minimum atomic E-state index is -1.04. The van der Waals surface area contributed by atoms with Crippen LogP contribution in [-0.4, -0.2) is 11.1 Å². The Bertz CT molecular complexity index is 395. The number of hydrogen-bond acceptors (Lipinski definition) is 1. The Kier molecular flexibility index (Phi) is 3.61. The maximum Gasteiger partial charge on any atom is 0.328 e. The van der Waals surface area contributed by atoms with Crippen LogP contribution in [-0.2, 0) is 4.79 Å². The predicted molar refractivity (Wildman–Crippen MR) is 57.2 cm³/mol. The summed E-state index contributed by atoms with van der Waals surface area (Å²) in [6, 6.07) is 4.73. The maximum absolute atomic E-state index is 13.4. The van der Waals surface area contributed by atoms with Crippen molar-refractivity contribution in [1.29, 1.82) is 0 Å². The Morgan fingerprint density at radius 1 is 1.47 bits per heavy atom. The number of aliphatic carboxylic acids is 1. The van der Waals surface area contributed by atoms with E-state index in [1.807, 2.05) is 13.8 Å². The molecule has 15 heavy (non-hydrogen) atoms. The minimum Gasteiger partial charge on any atom is -0.478 e. The van der Waals surface area contributed by atoms with E-state index in [1.54, 1.807) is 12.1 Å². The Morgan fingerprint density at radius 2 is 2.13 bits per heavy atom. The summed E-state index contributed by atoms with van der Waals surface area (Å²) in [5, 5.41) is 8.41. The molecular weight excluding hydrogens is 195 g/mol. The molecule has 80 valence electrons. The molecule has 0 atom stereocenters. The lowest BCUT2D eigenvalue weighted by atomic mass is 10.0. The van der Waals surface area contributed by atoms with Crippen molar-refractivity contribution >= 4 is 12.0 Å². The summed E-state index contributed by atoms with van der Waals surface area (Å²) >= 11 is 0. The number of carbonyl (C=O) groups is 1. The van der Waals surface area contributed by atoms with Crippen molar-refractivity contribution in [2.75, 3.05) is 0 Å². The fraction of sp³-hybridized carbons (Fsp3) is 0.250. The van der Waals surface area contributed by atoms with Gasteiger partial charge in [-0.1, -0.05) is 26.0 Å². The van der Waals surface area contributed by atoms with Gasteiger partial charge in [0.15, 0.2) is 0 Å². The van der Waals surface area contributed by atoms with E-state index in [0.717, 1.165) is 6.08 Å². The Hall–Kier alpha value is -1.64. The maximum atomic E-state index is 13.4. The standard InChI is InChI=1S/C12H13FO2/c1-8(2)10-5-3-9(7-11(10)13)4-6-12(14)15/h3-8H,1-2H3,(H,14,15)/b6-4+. The second-order valence-corrected chi connectivity index (χ2v) is 3.61. The average molecular weight is 208 g/mol. The second kappa shape index (κ2) is 4.73. The highest BCUT2D eigenvalue weighted by Crippen LogP contribution is 2.19. The first-order chi connectivity index (χ1) is 7.00. The normalized spacial score (nSPS) is 11.2. The van der Waals surface area contributed by atoms with Crippen LogP contribution in [0.15, 0.2) is 24.3 Å². The number of hydrogen-bond donors (Lipinski definition) is 1. The lowest BCUT2D eigenvalue weighted by Crippen LogP contribution is -1.93. The van der Waals surface area contributed by atoms with Crippen LogP contribution in [0.4, 0.5) is 4.39 Å². The monoisotopic (exact) mass is 208 g/mol. The van der Waals surface area contributed by atoms with Crippen molar-refractivity contribution in [2.45, 2.75) is 19.8 Å². The molecule has 0 radical (unpaired) electrons. The van der Waals surface area contributed by atoms with Crippen LogP contribution in [0, 0.1) is 5.82 Å². The van der Waals surface area contributed by atoms with E-state index in [2.05, 4.69) is 0 Å². The lowest BCUT2D eigenvalue weighted by Gasteiger charge is -2.06. The van der Waals surface area contributed by atoms with Crippen molar-refractivity contribution in [3.63, 3.8) is 0 Å². The first-order valence-electron chi connectivity index (χ1n) is 4.71. The highest BCUT2D eigenvalue weighted by atomic mass is 19.1. The van der Waals surface area contributed by atoms with Crippen molar-refractivity contribution in [1.82, 2.24) is 0 Å². The first-order valence-corrected chi connectivity index (χ1v) is 4.71. The summed E-state index contributed by atoms with van der Waals surface area (Å²) in [7, 11) is 0. The molecule has 1 rings (SSSR count).